The number of fused-ring (bicyclic) bond motifs is 1. The molecule has 0 aliphatic carbocycles. The number of Topliss-reactive ketones (excluding diaryl/α,β-unsaturated/α-hetero) is 1. The van der Waals surface area contributed by atoms with Gasteiger partial charge < -0.3 is 4.74 Å². The van der Waals surface area contributed by atoms with Crippen LogP contribution in [0, 0.1) is 0 Å². The van der Waals surface area contributed by atoms with Crippen molar-refractivity contribution >= 4 is 29.3 Å². The van der Waals surface area contributed by atoms with E-state index >= 15 is 0 Å². The lowest BCUT2D eigenvalue weighted by atomic mass is 9.89. The Hall–Kier alpha value is -0.610. The number of ketones is 1. The molecule has 4 heteroatoms. The summed E-state index contributed by atoms with van der Waals surface area (Å²) in [5.41, 5.74) is 2.11. The summed E-state index contributed by atoms with van der Waals surface area (Å²) in [4.78, 5) is 14.1. The van der Waals surface area contributed by atoms with Crippen LogP contribution in [0.2, 0.25) is 0 Å². The highest BCUT2D eigenvalue weighted by molar-refractivity contribution is 7.99. The van der Waals surface area contributed by atoms with E-state index in [1.807, 2.05) is 18.6 Å². The fourth-order valence-electron chi connectivity index (χ4n) is 2.65. The fourth-order valence-corrected chi connectivity index (χ4v) is 4.14. The van der Waals surface area contributed by atoms with Gasteiger partial charge in [0, 0.05) is 16.0 Å². The van der Waals surface area contributed by atoms with Gasteiger partial charge in [0.25, 0.3) is 0 Å². The van der Waals surface area contributed by atoms with Gasteiger partial charge in [-0.3, -0.25) is 4.79 Å². The Morgan fingerprint density at radius 3 is 2.68 bits per heavy atom. The van der Waals surface area contributed by atoms with Gasteiger partial charge in [-0.15, -0.1) is 23.5 Å². The van der Waals surface area contributed by atoms with Crippen LogP contribution in [0.3, 0.4) is 0 Å². The molecule has 2 rings (SSSR count). The minimum atomic E-state index is 0.142. The quantitative estimate of drug-likeness (QED) is 0.599. The second-order valence-corrected chi connectivity index (χ2v) is 6.37. The smallest absolute Gasteiger partial charge is 0.160 e. The maximum Gasteiger partial charge on any atom is 0.160 e. The Labute approximate surface area is 123 Å². The van der Waals surface area contributed by atoms with Crippen molar-refractivity contribution in [1.82, 2.24) is 0 Å². The monoisotopic (exact) mass is 296 g/mol. The number of thioether (sulfide) groups is 2. The van der Waals surface area contributed by atoms with Gasteiger partial charge in [-0.1, -0.05) is 6.92 Å². The first-order valence-corrected chi connectivity index (χ1v) is 9.01. The zero-order chi connectivity index (χ0) is 14.0. The van der Waals surface area contributed by atoms with Crippen molar-refractivity contribution in [3.63, 3.8) is 0 Å². The molecule has 0 saturated carbocycles. The molecule has 1 heterocycles. The number of benzene rings is 1. The summed E-state index contributed by atoms with van der Waals surface area (Å²) in [6.45, 7) is 4.64. The molecule has 0 bridgehead atoms. The first-order chi connectivity index (χ1) is 9.13. The van der Waals surface area contributed by atoms with Crippen LogP contribution in [-0.2, 0) is 0 Å². The van der Waals surface area contributed by atoms with Gasteiger partial charge in [-0.2, -0.15) is 0 Å². The van der Waals surface area contributed by atoms with E-state index in [1.54, 1.807) is 30.4 Å². The molecule has 0 radical (unpaired) electrons. The minimum absolute atomic E-state index is 0.142. The molecular weight excluding hydrogens is 276 g/mol. The molecular formula is C15H20O2S2. The predicted octanol–water partition coefficient (Wildman–Crippen LogP) is 4.61. The first-order valence-electron chi connectivity index (χ1n) is 6.56. The van der Waals surface area contributed by atoms with Crippen LogP contribution in [0.15, 0.2) is 15.9 Å². The lowest BCUT2D eigenvalue weighted by molar-refractivity contribution is 0.101. The molecule has 19 heavy (non-hydrogen) atoms. The van der Waals surface area contributed by atoms with Crippen LogP contribution in [0.1, 0.15) is 48.5 Å². The number of hydrogen-bond donors (Lipinski definition) is 0. The average Bonchev–Trinajstić information content (AvgIpc) is 2.44. The van der Waals surface area contributed by atoms with Gasteiger partial charge in [-0.05, 0) is 44.3 Å². The summed E-state index contributed by atoms with van der Waals surface area (Å²) >= 11 is 3.33. The summed E-state index contributed by atoms with van der Waals surface area (Å²) < 4.78 is 5.91. The minimum Gasteiger partial charge on any atom is -0.492 e. The van der Waals surface area contributed by atoms with Crippen LogP contribution >= 0.6 is 23.5 Å². The van der Waals surface area contributed by atoms with Gasteiger partial charge in [0.15, 0.2) is 5.78 Å². The molecule has 0 amide bonds. The largest absolute Gasteiger partial charge is 0.492 e. The molecule has 0 spiro atoms. The van der Waals surface area contributed by atoms with E-state index in [0.717, 1.165) is 40.6 Å². The van der Waals surface area contributed by atoms with E-state index in [-0.39, 0.29) is 5.78 Å². The Morgan fingerprint density at radius 2 is 2.16 bits per heavy atom. The second kappa shape index (κ2) is 6.23. The topological polar surface area (TPSA) is 26.3 Å². The summed E-state index contributed by atoms with van der Waals surface area (Å²) in [7, 11) is 0. The molecule has 1 atom stereocenters. The lowest BCUT2D eigenvalue weighted by Crippen LogP contribution is -2.17. The maximum atomic E-state index is 11.9. The zero-order valence-electron chi connectivity index (χ0n) is 11.9. The Balaban J connectivity index is 2.73. The third-order valence-electron chi connectivity index (χ3n) is 3.65. The van der Waals surface area contributed by atoms with Crippen molar-refractivity contribution in [3.8, 4) is 5.75 Å². The molecule has 1 aromatic carbocycles. The van der Waals surface area contributed by atoms with Crippen LogP contribution in [0.25, 0.3) is 0 Å². The van der Waals surface area contributed by atoms with Crippen LogP contribution in [0.4, 0.5) is 0 Å². The third-order valence-corrected chi connectivity index (χ3v) is 5.24. The number of carbonyl (C=O) groups excluding carboxylic acids is 1. The first kappa shape index (κ1) is 14.8. The van der Waals surface area contributed by atoms with Crippen molar-refractivity contribution in [2.75, 3.05) is 19.1 Å². The molecule has 2 nitrogen and oxygen atoms in total. The van der Waals surface area contributed by atoms with Crippen LogP contribution in [-0.4, -0.2) is 24.9 Å². The maximum absolute atomic E-state index is 11.9. The van der Waals surface area contributed by atoms with Crippen molar-refractivity contribution in [3.05, 3.63) is 17.2 Å². The molecule has 0 saturated heterocycles. The molecule has 0 fully saturated rings. The van der Waals surface area contributed by atoms with Gasteiger partial charge in [0.1, 0.15) is 5.75 Å². The molecule has 0 aromatic heterocycles. The highest BCUT2D eigenvalue weighted by Gasteiger charge is 2.28. The van der Waals surface area contributed by atoms with E-state index in [9.17, 15) is 4.79 Å². The SMILES string of the molecule is CCC1CCOc2c(SC)cc(C(C)=O)c(SC)c21. The van der Waals surface area contributed by atoms with Crippen molar-refractivity contribution in [1.29, 1.82) is 0 Å². The van der Waals surface area contributed by atoms with Gasteiger partial charge >= 0.3 is 0 Å². The molecule has 1 aliphatic heterocycles. The van der Waals surface area contributed by atoms with Gasteiger partial charge in [-0.25, -0.2) is 0 Å². The van der Waals surface area contributed by atoms with E-state index in [1.165, 1.54) is 5.56 Å². The molecule has 0 N–H and O–H groups in total. The summed E-state index contributed by atoms with van der Waals surface area (Å²) in [5.74, 6) is 1.67. The van der Waals surface area contributed by atoms with E-state index < -0.39 is 0 Å². The molecule has 1 aliphatic rings. The Bertz CT molecular complexity index is 497. The Morgan fingerprint density at radius 1 is 1.42 bits per heavy atom. The van der Waals surface area contributed by atoms with Crippen LogP contribution < -0.4 is 4.74 Å². The number of carbonyl (C=O) groups is 1. The lowest BCUT2D eigenvalue weighted by Gasteiger charge is -2.29. The fraction of sp³-hybridized carbons (Fsp3) is 0.533. The average molecular weight is 296 g/mol. The van der Waals surface area contributed by atoms with Crippen molar-refractivity contribution in [2.24, 2.45) is 0 Å². The summed E-state index contributed by atoms with van der Waals surface area (Å²) in [5, 5.41) is 0. The van der Waals surface area contributed by atoms with Crippen molar-refractivity contribution in [2.45, 2.75) is 42.4 Å². The number of ether oxygens (including phenoxy) is 1. The summed E-state index contributed by atoms with van der Waals surface area (Å²) in [6.07, 6.45) is 6.23. The normalized spacial score (nSPS) is 17.8. The molecule has 104 valence electrons. The molecule has 1 aromatic rings. The number of hydrogen-bond acceptors (Lipinski definition) is 4. The van der Waals surface area contributed by atoms with E-state index in [4.69, 9.17) is 4.74 Å². The highest BCUT2D eigenvalue weighted by Crippen LogP contribution is 2.47. The van der Waals surface area contributed by atoms with E-state index in [0.29, 0.717) is 5.92 Å². The summed E-state index contributed by atoms with van der Waals surface area (Å²) in [6, 6.07) is 2.00. The van der Waals surface area contributed by atoms with Gasteiger partial charge in [0.05, 0.1) is 11.5 Å². The zero-order valence-corrected chi connectivity index (χ0v) is 13.5. The number of rotatable bonds is 4. The third kappa shape index (κ3) is 2.65. The highest BCUT2D eigenvalue weighted by atomic mass is 32.2. The molecule has 1 unspecified atom stereocenters. The van der Waals surface area contributed by atoms with E-state index in [2.05, 4.69) is 6.92 Å². The van der Waals surface area contributed by atoms with Crippen molar-refractivity contribution < 1.29 is 9.53 Å². The van der Waals surface area contributed by atoms with Crippen LogP contribution in [0.5, 0.6) is 5.75 Å². The van der Waals surface area contributed by atoms with Gasteiger partial charge in [0.2, 0.25) is 0 Å². The standard InChI is InChI=1S/C15H20O2S2/c1-5-10-6-7-17-14-12(18-3)8-11(9(2)16)15(19-4)13(10)14/h8,10H,5-7H2,1-4H3. The second-order valence-electron chi connectivity index (χ2n) is 4.70. The predicted molar refractivity (Wildman–Crippen MR) is 83.2 cm³/mol. The Kier molecular flexibility index (Phi) is 4.85.